The van der Waals surface area contributed by atoms with E-state index >= 15 is 0 Å². The van der Waals surface area contributed by atoms with E-state index in [-0.39, 0.29) is 5.92 Å². The van der Waals surface area contributed by atoms with Gasteiger partial charge in [-0.15, -0.1) is 0 Å². The normalized spacial score (nSPS) is 20.6. The van der Waals surface area contributed by atoms with E-state index in [4.69, 9.17) is 14.8 Å². The van der Waals surface area contributed by atoms with E-state index in [0.29, 0.717) is 12.6 Å². The molecule has 1 aliphatic carbocycles. The summed E-state index contributed by atoms with van der Waals surface area (Å²) >= 11 is 0. The molecular weight excluding hydrogens is 302 g/mol. The van der Waals surface area contributed by atoms with E-state index in [2.05, 4.69) is 27.9 Å². The minimum absolute atomic E-state index is 0.288. The highest BCUT2D eigenvalue weighted by Crippen LogP contribution is 2.39. The molecule has 0 amide bonds. The number of rotatable bonds is 4. The van der Waals surface area contributed by atoms with Crippen molar-refractivity contribution in [1.82, 2.24) is 24.3 Å². The monoisotopic (exact) mass is 321 g/mol. The van der Waals surface area contributed by atoms with E-state index in [1.165, 1.54) is 12.8 Å². The average Bonchev–Trinajstić information content (AvgIpc) is 3.08. The molecule has 1 unspecified atom stereocenters. The van der Waals surface area contributed by atoms with E-state index in [1.54, 1.807) is 12.4 Å². The van der Waals surface area contributed by atoms with Gasteiger partial charge in [-0.2, -0.15) is 5.10 Å². The lowest BCUT2D eigenvalue weighted by Crippen LogP contribution is -2.04. The van der Waals surface area contributed by atoms with Gasteiger partial charge in [0.2, 0.25) is 0 Å². The van der Waals surface area contributed by atoms with Crippen molar-refractivity contribution in [2.24, 2.45) is 0 Å². The molecule has 0 aromatic carbocycles. The Balaban J connectivity index is 1.65. The van der Waals surface area contributed by atoms with Gasteiger partial charge in [0, 0.05) is 37.2 Å². The molecule has 24 heavy (non-hydrogen) atoms. The maximum Gasteiger partial charge on any atom is 0.179 e. The highest BCUT2D eigenvalue weighted by atomic mass is 16.5. The molecule has 5 rings (SSSR count). The lowest BCUT2D eigenvalue weighted by atomic mass is 10.1. The van der Waals surface area contributed by atoms with Gasteiger partial charge in [-0.3, -0.25) is 4.98 Å². The summed E-state index contributed by atoms with van der Waals surface area (Å²) in [7, 11) is 0. The van der Waals surface area contributed by atoms with Crippen LogP contribution in [0.1, 0.15) is 37.0 Å². The second-order valence-corrected chi connectivity index (χ2v) is 6.50. The predicted molar refractivity (Wildman–Crippen MR) is 89.0 cm³/mol. The molecule has 1 saturated heterocycles. The number of hydrogen-bond acceptors (Lipinski definition) is 4. The maximum absolute atomic E-state index is 5.52. The number of aromatic nitrogens is 5. The van der Waals surface area contributed by atoms with Gasteiger partial charge in [0.15, 0.2) is 11.6 Å². The average molecular weight is 321 g/mol. The molecule has 0 bridgehead atoms. The lowest BCUT2D eigenvalue weighted by molar-refractivity contribution is 0.193. The van der Waals surface area contributed by atoms with E-state index in [0.717, 1.165) is 36.1 Å². The van der Waals surface area contributed by atoms with Gasteiger partial charge >= 0.3 is 0 Å². The molecule has 0 N–H and O–H groups in total. The highest BCUT2D eigenvalue weighted by Gasteiger charge is 2.29. The van der Waals surface area contributed by atoms with Gasteiger partial charge < -0.3 is 9.30 Å². The van der Waals surface area contributed by atoms with E-state index < -0.39 is 0 Å². The zero-order chi connectivity index (χ0) is 15.9. The second-order valence-electron chi connectivity index (χ2n) is 6.50. The molecule has 3 aromatic heterocycles. The first kappa shape index (κ1) is 13.9. The van der Waals surface area contributed by atoms with Gasteiger partial charge in [-0.1, -0.05) is 0 Å². The van der Waals surface area contributed by atoms with Crippen LogP contribution in [-0.4, -0.2) is 37.5 Å². The van der Waals surface area contributed by atoms with Crippen molar-refractivity contribution in [1.29, 1.82) is 0 Å². The fraction of sp³-hybridized carbons (Fsp3) is 0.389. The van der Waals surface area contributed by atoms with Gasteiger partial charge in [0.25, 0.3) is 0 Å². The van der Waals surface area contributed by atoms with Crippen molar-refractivity contribution in [3.05, 3.63) is 48.7 Å². The molecule has 1 saturated carbocycles. The van der Waals surface area contributed by atoms with Crippen LogP contribution in [0, 0.1) is 0 Å². The second kappa shape index (κ2) is 5.56. The fourth-order valence-corrected chi connectivity index (χ4v) is 3.32. The Hall–Kier alpha value is -2.47. The van der Waals surface area contributed by atoms with Gasteiger partial charge in [-0.05, 0) is 43.5 Å². The summed E-state index contributed by atoms with van der Waals surface area (Å²) in [6.45, 7) is 1.51. The molecule has 6 heteroatoms. The van der Waals surface area contributed by atoms with Crippen LogP contribution in [0.2, 0.25) is 0 Å². The van der Waals surface area contributed by atoms with Gasteiger partial charge in [-0.25, -0.2) is 9.67 Å². The molecule has 1 atom stereocenters. The van der Waals surface area contributed by atoms with Crippen LogP contribution < -0.4 is 0 Å². The third-order valence-electron chi connectivity index (χ3n) is 4.77. The molecule has 6 nitrogen and oxygen atoms in total. The Morgan fingerprint density at radius 1 is 1.08 bits per heavy atom. The Kier molecular flexibility index (Phi) is 3.23. The predicted octanol–water partition coefficient (Wildman–Crippen LogP) is 2.97. The van der Waals surface area contributed by atoms with Crippen LogP contribution in [-0.2, 0) is 4.74 Å². The van der Waals surface area contributed by atoms with Crippen molar-refractivity contribution in [2.45, 2.75) is 31.2 Å². The molecule has 0 radical (unpaired) electrons. The standard InChI is InChI=1S/C18H19N5O/c1-2-16(22(10-1)14-3-4-14)18-20-17(13-7-11-24-12-13)21-23(18)15-5-8-19-9-6-15/h1-2,5-6,8-10,13-14H,3-4,7,11-12H2. The minimum Gasteiger partial charge on any atom is -0.381 e. The Morgan fingerprint density at radius 3 is 2.71 bits per heavy atom. The minimum atomic E-state index is 0.288. The number of nitrogens with zero attached hydrogens (tertiary/aromatic N) is 5. The molecule has 4 heterocycles. The topological polar surface area (TPSA) is 57.8 Å². The number of pyridine rings is 1. The van der Waals surface area contributed by atoms with Crippen LogP contribution >= 0.6 is 0 Å². The van der Waals surface area contributed by atoms with Crippen molar-refractivity contribution >= 4 is 0 Å². The lowest BCUT2D eigenvalue weighted by Gasteiger charge is -2.09. The van der Waals surface area contributed by atoms with Crippen LogP contribution in [0.5, 0.6) is 0 Å². The zero-order valence-electron chi connectivity index (χ0n) is 13.4. The van der Waals surface area contributed by atoms with E-state index in [9.17, 15) is 0 Å². The van der Waals surface area contributed by atoms with Crippen LogP contribution in [0.4, 0.5) is 0 Å². The molecular formula is C18H19N5O. The zero-order valence-corrected chi connectivity index (χ0v) is 13.4. The molecule has 2 fully saturated rings. The van der Waals surface area contributed by atoms with Crippen molar-refractivity contribution in [2.75, 3.05) is 13.2 Å². The smallest absolute Gasteiger partial charge is 0.179 e. The summed E-state index contributed by atoms with van der Waals surface area (Å²) in [6.07, 6.45) is 9.21. The third-order valence-corrected chi connectivity index (χ3v) is 4.77. The fourth-order valence-electron chi connectivity index (χ4n) is 3.32. The summed E-state index contributed by atoms with van der Waals surface area (Å²) in [4.78, 5) is 9.03. The molecule has 3 aromatic rings. The first-order valence-electron chi connectivity index (χ1n) is 8.52. The van der Waals surface area contributed by atoms with Crippen LogP contribution in [0.3, 0.4) is 0 Å². The summed E-state index contributed by atoms with van der Waals surface area (Å²) < 4.78 is 9.80. The largest absolute Gasteiger partial charge is 0.381 e. The Bertz CT molecular complexity index is 843. The van der Waals surface area contributed by atoms with Crippen LogP contribution in [0.25, 0.3) is 17.2 Å². The summed E-state index contributed by atoms with van der Waals surface area (Å²) in [5.41, 5.74) is 2.12. The summed E-state index contributed by atoms with van der Waals surface area (Å²) in [5, 5.41) is 4.82. The van der Waals surface area contributed by atoms with Crippen molar-refractivity contribution in [3.8, 4) is 17.2 Å². The van der Waals surface area contributed by atoms with Gasteiger partial charge in [0.1, 0.15) is 0 Å². The van der Waals surface area contributed by atoms with Gasteiger partial charge in [0.05, 0.1) is 18.0 Å². The van der Waals surface area contributed by atoms with Crippen LogP contribution in [0.15, 0.2) is 42.9 Å². The van der Waals surface area contributed by atoms with E-state index in [1.807, 2.05) is 16.8 Å². The highest BCUT2D eigenvalue weighted by molar-refractivity contribution is 5.55. The molecule has 1 aliphatic heterocycles. The van der Waals surface area contributed by atoms with Crippen molar-refractivity contribution < 1.29 is 4.74 Å². The first-order valence-corrected chi connectivity index (χ1v) is 8.52. The Labute approximate surface area is 140 Å². The third kappa shape index (κ3) is 2.34. The molecule has 2 aliphatic rings. The van der Waals surface area contributed by atoms with Crippen molar-refractivity contribution in [3.63, 3.8) is 0 Å². The summed E-state index contributed by atoms with van der Waals surface area (Å²) in [6, 6.07) is 8.78. The Morgan fingerprint density at radius 2 is 1.96 bits per heavy atom. The number of ether oxygens (including phenoxy) is 1. The first-order chi connectivity index (χ1) is 11.9. The molecule has 0 spiro atoms. The maximum atomic E-state index is 5.52. The SMILES string of the molecule is c1cc(-c2nc(C3CCOC3)nn2-c2ccncc2)n(C2CC2)c1. The number of hydrogen-bond donors (Lipinski definition) is 0. The quantitative estimate of drug-likeness (QED) is 0.741. The molecule has 122 valence electrons. The summed E-state index contributed by atoms with van der Waals surface area (Å²) in [5.74, 6) is 2.07.